The topological polar surface area (TPSA) is 68.0 Å². The monoisotopic (exact) mass is 327 g/mol. The third-order valence-electron chi connectivity index (χ3n) is 3.23. The Morgan fingerprint density at radius 1 is 1.09 bits per heavy atom. The normalized spacial score (nSPS) is 10.5. The maximum Gasteiger partial charge on any atom is 0.251 e. The van der Waals surface area contributed by atoms with Crippen LogP contribution >= 0.6 is 11.6 Å². The van der Waals surface area contributed by atoms with E-state index in [4.69, 9.17) is 16.1 Å². The number of hydrogen-bond donors (Lipinski definition) is 1. The summed E-state index contributed by atoms with van der Waals surface area (Å²) in [7, 11) is 0. The summed E-state index contributed by atoms with van der Waals surface area (Å²) in [5, 5.41) is 7.34. The molecule has 0 unspecified atom stereocenters. The Bertz CT molecular complexity index is 785. The molecule has 116 valence electrons. The second-order valence-electron chi connectivity index (χ2n) is 4.89. The fourth-order valence-corrected chi connectivity index (χ4v) is 2.17. The molecule has 2 aromatic carbocycles. The predicted octanol–water partition coefficient (Wildman–Crippen LogP) is 3.36. The molecule has 5 nitrogen and oxygen atoms in total. The minimum absolute atomic E-state index is 0.163. The Kier molecular flexibility index (Phi) is 4.68. The van der Waals surface area contributed by atoms with E-state index >= 15 is 0 Å². The Morgan fingerprint density at radius 2 is 1.83 bits per heavy atom. The summed E-state index contributed by atoms with van der Waals surface area (Å²) in [4.78, 5) is 16.3. The van der Waals surface area contributed by atoms with E-state index in [0.717, 1.165) is 5.56 Å². The van der Waals surface area contributed by atoms with Gasteiger partial charge in [0.25, 0.3) is 5.91 Å². The molecule has 23 heavy (non-hydrogen) atoms. The van der Waals surface area contributed by atoms with Gasteiger partial charge in [0, 0.05) is 29.1 Å². The first-order chi connectivity index (χ1) is 11.2. The van der Waals surface area contributed by atoms with Crippen molar-refractivity contribution in [2.45, 2.75) is 6.42 Å². The van der Waals surface area contributed by atoms with Gasteiger partial charge in [-0.3, -0.25) is 4.79 Å². The van der Waals surface area contributed by atoms with Crippen molar-refractivity contribution in [1.29, 1.82) is 0 Å². The second kappa shape index (κ2) is 7.07. The highest BCUT2D eigenvalue weighted by Gasteiger charge is 2.09. The zero-order chi connectivity index (χ0) is 16.1. The molecule has 0 radical (unpaired) electrons. The highest BCUT2D eigenvalue weighted by molar-refractivity contribution is 6.30. The largest absolute Gasteiger partial charge is 0.352 e. The van der Waals surface area contributed by atoms with Crippen molar-refractivity contribution in [2.24, 2.45) is 0 Å². The van der Waals surface area contributed by atoms with Crippen molar-refractivity contribution in [3.05, 3.63) is 71.1 Å². The van der Waals surface area contributed by atoms with Crippen molar-refractivity contribution in [2.75, 3.05) is 6.54 Å². The van der Waals surface area contributed by atoms with Crippen LogP contribution in [0.5, 0.6) is 0 Å². The van der Waals surface area contributed by atoms with Gasteiger partial charge >= 0.3 is 0 Å². The van der Waals surface area contributed by atoms with E-state index in [2.05, 4.69) is 15.5 Å². The number of nitrogens with zero attached hydrogens (tertiary/aromatic N) is 2. The number of benzene rings is 2. The quantitative estimate of drug-likeness (QED) is 0.780. The van der Waals surface area contributed by atoms with E-state index in [1.165, 1.54) is 0 Å². The maximum absolute atomic E-state index is 12.0. The molecule has 0 aliphatic rings. The summed E-state index contributed by atoms with van der Waals surface area (Å²) in [6.45, 7) is 0.415. The number of rotatable bonds is 5. The summed E-state index contributed by atoms with van der Waals surface area (Å²) in [6.07, 6.45) is 0.471. The Hall–Kier alpha value is -2.66. The van der Waals surface area contributed by atoms with Gasteiger partial charge in [0.1, 0.15) is 0 Å². The molecule has 3 aromatic rings. The smallest absolute Gasteiger partial charge is 0.251 e. The van der Waals surface area contributed by atoms with Crippen LogP contribution in [0.15, 0.2) is 59.1 Å². The first-order valence-corrected chi connectivity index (χ1v) is 7.52. The Balaban J connectivity index is 1.54. The molecular formula is C17H14ClN3O2. The zero-order valence-corrected chi connectivity index (χ0v) is 13.0. The van der Waals surface area contributed by atoms with E-state index in [-0.39, 0.29) is 5.91 Å². The maximum atomic E-state index is 12.0. The molecule has 0 bridgehead atoms. The van der Waals surface area contributed by atoms with Crippen molar-refractivity contribution in [3.63, 3.8) is 0 Å². The molecule has 6 heteroatoms. The number of amides is 1. The first-order valence-electron chi connectivity index (χ1n) is 7.14. The Morgan fingerprint density at radius 3 is 2.57 bits per heavy atom. The van der Waals surface area contributed by atoms with E-state index < -0.39 is 0 Å². The average molecular weight is 328 g/mol. The molecule has 0 spiro atoms. The van der Waals surface area contributed by atoms with Crippen LogP contribution in [0.3, 0.4) is 0 Å². The fourth-order valence-electron chi connectivity index (χ4n) is 2.05. The molecule has 1 aromatic heterocycles. The summed E-state index contributed by atoms with van der Waals surface area (Å²) in [6, 6.07) is 16.3. The predicted molar refractivity (Wildman–Crippen MR) is 87.2 cm³/mol. The molecule has 0 aliphatic heterocycles. The lowest BCUT2D eigenvalue weighted by atomic mass is 10.2. The minimum Gasteiger partial charge on any atom is -0.352 e. The second-order valence-corrected chi connectivity index (χ2v) is 5.33. The molecule has 0 aliphatic carbocycles. The van der Waals surface area contributed by atoms with Crippen LogP contribution in [0.1, 0.15) is 16.2 Å². The van der Waals surface area contributed by atoms with Crippen molar-refractivity contribution >= 4 is 17.5 Å². The summed E-state index contributed by atoms with van der Waals surface area (Å²) < 4.78 is 5.19. The van der Waals surface area contributed by atoms with Gasteiger partial charge in [-0.05, 0) is 24.3 Å². The van der Waals surface area contributed by atoms with Gasteiger partial charge in [-0.25, -0.2) is 0 Å². The average Bonchev–Trinajstić information content (AvgIpc) is 3.05. The van der Waals surface area contributed by atoms with Crippen LogP contribution in [0.4, 0.5) is 0 Å². The molecule has 0 atom stereocenters. The van der Waals surface area contributed by atoms with Gasteiger partial charge in [-0.15, -0.1) is 0 Å². The van der Waals surface area contributed by atoms with E-state index in [1.807, 2.05) is 30.3 Å². The van der Waals surface area contributed by atoms with Gasteiger partial charge in [-0.1, -0.05) is 47.1 Å². The molecule has 0 saturated heterocycles. The Labute approximate surface area is 138 Å². The SMILES string of the molecule is O=C(NCCc1nc(-c2ccccc2)no1)c1ccc(Cl)cc1. The van der Waals surface area contributed by atoms with Crippen LogP contribution in [0, 0.1) is 0 Å². The number of halogens is 1. The molecule has 1 amide bonds. The van der Waals surface area contributed by atoms with Crippen LogP contribution in [-0.4, -0.2) is 22.6 Å². The minimum atomic E-state index is -0.163. The van der Waals surface area contributed by atoms with Crippen LogP contribution in [0.2, 0.25) is 5.02 Å². The number of nitrogens with one attached hydrogen (secondary N) is 1. The lowest BCUT2D eigenvalue weighted by Crippen LogP contribution is -2.25. The first kappa shape index (κ1) is 15.2. The number of aromatic nitrogens is 2. The van der Waals surface area contributed by atoms with E-state index in [1.54, 1.807) is 24.3 Å². The summed E-state index contributed by atoms with van der Waals surface area (Å²) in [5.74, 6) is 0.870. The summed E-state index contributed by atoms with van der Waals surface area (Å²) >= 11 is 5.79. The number of hydrogen-bond acceptors (Lipinski definition) is 4. The standard InChI is InChI=1S/C17H14ClN3O2/c18-14-8-6-13(7-9-14)17(22)19-11-10-15-20-16(21-23-15)12-4-2-1-3-5-12/h1-9H,10-11H2,(H,19,22). The lowest BCUT2D eigenvalue weighted by Gasteiger charge is -2.03. The fraction of sp³-hybridized carbons (Fsp3) is 0.118. The molecule has 1 N–H and O–H groups in total. The number of carbonyl (C=O) groups is 1. The summed E-state index contributed by atoms with van der Waals surface area (Å²) in [5.41, 5.74) is 1.46. The number of carbonyl (C=O) groups excluding carboxylic acids is 1. The molecule has 1 heterocycles. The van der Waals surface area contributed by atoms with Gasteiger partial charge < -0.3 is 9.84 Å². The van der Waals surface area contributed by atoms with E-state index in [0.29, 0.717) is 35.3 Å². The highest BCUT2D eigenvalue weighted by atomic mass is 35.5. The third-order valence-corrected chi connectivity index (χ3v) is 3.48. The van der Waals surface area contributed by atoms with Crippen molar-refractivity contribution in [3.8, 4) is 11.4 Å². The van der Waals surface area contributed by atoms with E-state index in [9.17, 15) is 4.79 Å². The van der Waals surface area contributed by atoms with Gasteiger partial charge in [-0.2, -0.15) is 4.98 Å². The van der Waals surface area contributed by atoms with Crippen molar-refractivity contribution < 1.29 is 9.32 Å². The van der Waals surface area contributed by atoms with Crippen LogP contribution in [-0.2, 0) is 6.42 Å². The third kappa shape index (κ3) is 3.96. The molecular weight excluding hydrogens is 314 g/mol. The lowest BCUT2D eigenvalue weighted by molar-refractivity contribution is 0.0953. The molecule has 3 rings (SSSR count). The molecule has 0 saturated carbocycles. The molecule has 0 fully saturated rings. The van der Waals surface area contributed by atoms with Crippen molar-refractivity contribution in [1.82, 2.24) is 15.5 Å². The zero-order valence-electron chi connectivity index (χ0n) is 12.2. The van der Waals surface area contributed by atoms with Gasteiger partial charge in [0.15, 0.2) is 0 Å². The highest BCUT2D eigenvalue weighted by Crippen LogP contribution is 2.14. The van der Waals surface area contributed by atoms with Crippen LogP contribution in [0.25, 0.3) is 11.4 Å². The van der Waals surface area contributed by atoms with Gasteiger partial charge in [0.2, 0.25) is 11.7 Å². The van der Waals surface area contributed by atoms with Gasteiger partial charge in [0.05, 0.1) is 0 Å². The van der Waals surface area contributed by atoms with Crippen LogP contribution < -0.4 is 5.32 Å².